The third-order valence-electron chi connectivity index (χ3n) is 2.10. The minimum Gasteiger partial charge on any atom is -0.479 e. The number of oxime groups is 1. The van der Waals surface area contributed by atoms with Gasteiger partial charge in [0.1, 0.15) is 0 Å². The Hall–Kier alpha value is -1.10. The van der Waals surface area contributed by atoms with Crippen molar-refractivity contribution >= 4 is 11.7 Å². The van der Waals surface area contributed by atoms with E-state index in [0.717, 1.165) is 18.7 Å². The smallest absolute Gasteiger partial charge is 0.344 e. The Balaban J connectivity index is 2.33. The lowest BCUT2D eigenvalue weighted by Gasteiger charge is -2.11. The topological polar surface area (TPSA) is 62.1 Å². The molecule has 0 aromatic carbocycles. The number of aliphatic carboxylic acids is 1. The van der Waals surface area contributed by atoms with Crippen molar-refractivity contribution in [1.29, 1.82) is 0 Å². The van der Waals surface area contributed by atoms with Crippen LogP contribution in [0.1, 0.15) is 13.3 Å². The van der Waals surface area contributed by atoms with Gasteiger partial charge in [-0.2, -0.15) is 0 Å². The molecule has 1 heterocycles. The van der Waals surface area contributed by atoms with Gasteiger partial charge in [-0.05, 0) is 14.0 Å². The summed E-state index contributed by atoms with van der Waals surface area (Å²) in [5, 5.41) is 12.0. The monoisotopic (exact) mass is 186 g/mol. The minimum absolute atomic E-state index is 0.360. The Morgan fingerprint density at radius 1 is 1.85 bits per heavy atom. The fourth-order valence-corrected chi connectivity index (χ4v) is 1.25. The van der Waals surface area contributed by atoms with Gasteiger partial charge < -0.3 is 9.94 Å². The molecule has 1 aliphatic heterocycles. The van der Waals surface area contributed by atoms with Gasteiger partial charge in [0.05, 0.1) is 5.71 Å². The summed E-state index contributed by atoms with van der Waals surface area (Å²) in [7, 11) is 2.00. The molecule has 5 heteroatoms. The van der Waals surface area contributed by atoms with Crippen LogP contribution in [0.3, 0.4) is 0 Å². The molecule has 0 aliphatic carbocycles. The lowest BCUT2D eigenvalue weighted by molar-refractivity contribution is -0.142. The lowest BCUT2D eigenvalue weighted by atomic mass is 10.2. The molecule has 0 amide bonds. The predicted molar refractivity (Wildman–Crippen MR) is 47.7 cm³/mol. The summed E-state index contributed by atoms with van der Waals surface area (Å²) in [5.74, 6) is -0.997. The molecule has 1 N–H and O–H groups in total. The summed E-state index contributed by atoms with van der Waals surface area (Å²) in [5.41, 5.74) is 0.913. The fourth-order valence-electron chi connectivity index (χ4n) is 1.25. The fraction of sp³-hybridized carbons (Fsp3) is 0.750. The first-order chi connectivity index (χ1) is 6.09. The second kappa shape index (κ2) is 4.23. The van der Waals surface area contributed by atoms with Crippen LogP contribution in [0.4, 0.5) is 0 Å². The summed E-state index contributed by atoms with van der Waals surface area (Å²) >= 11 is 0. The maximum Gasteiger partial charge on any atom is 0.344 e. The summed E-state index contributed by atoms with van der Waals surface area (Å²) in [6.45, 7) is 2.50. The molecule has 0 saturated carbocycles. The molecule has 0 bridgehead atoms. The highest BCUT2D eigenvalue weighted by Gasteiger charge is 2.22. The second-order valence-corrected chi connectivity index (χ2v) is 3.29. The van der Waals surface area contributed by atoms with Gasteiger partial charge in [0.25, 0.3) is 0 Å². The number of carboxylic acid groups (broad SMARTS) is 1. The summed E-state index contributed by atoms with van der Waals surface area (Å²) in [6.07, 6.45) is 0.857. The quantitative estimate of drug-likeness (QED) is 0.638. The van der Waals surface area contributed by atoms with Crippen LogP contribution in [0.5, 0.6) is 0 Å². The molecular weight excluding hydrogens is 172 g/mol. The average molecular weight is 186 g/mol. The number of likely N-dealkylation sites (tertiary alicyclic amines) is 1. The third-order valence-corrected chi connectivity index (χ3v) is 2.10. The summed E-state index contributed by atoms with van der Waals surface area (Å²) < 4.78 is 0. The van der Waals surface area contributed by atoms with Crippen LogP contribution >= 0.6 is 0 Å². The molecule has 13 heavy (non-hydrogen) atoms. The molecule has 0 spiro atoms. The normalized spacial score (nSPS) is 26.6. The van der Waals surface area contributed by atoms with Crippen molar-refractivity contribution in [1.82, 2.24) is 4.90 Å². The van der Waals surface area contributed by atoms with Gasteiger partial charge in [-0.25, -0.2) is 4.79 Å². The van der Waals surface area contributed by atoms with E-state index < -0.39 is 5.97 Å². The van der Waals surface area contributed by atoms with Gasteiger partial charge in [0.2, 0.25) is 6.61 Å². The van der Waals surface area contributed by atoms with Gasteiger partial charge in [-0.3, -0.25) is 4.90 Å². The van der Waals surface area contributed by atoms with Crippen molar-refractivity contribution in [2.45, 2.75) is 19.4 Å². The number of rotatable bonds is 3. The molecule has 0 aromatic rings. The zero-order chi connectivity index (χ0) is 9.84. The molecule has 1 fully saturated rings. The first-order valence-electron chi connectivity index (χ1n) is 4.19. The van der Waals surface area contributed by atoms with E-state index >= 15 is 0 Å². The number of hydrogen-bond donors (Lipinski definition) is 1. The van der Waals surface area contributed by atoms with Crippen LogP contribution in [-0.2, 0) is 9.63 Å². The number of carbonyl (C=O) groups is 1. The maximum atomic E-state index is 10.1. The van der Waals surface area contributed by atoms with E-state index in [1.165, 1.54) is 0 Å². The van der Waals surface area contributed by atoms with Crippen molar-refractivity contribution in [3.8, 4) is 0 Å². The van der Waals surface area contributed by atoms with Crippen LogP contribution in [0.15, 0.2) is 5.16 Å². The van der Waals surface area contributed by atoms with Gasteiger partial charge in [-0.1, -0.05) is 5.16 Å². The number of carboxylic acids is 1. The summed E-state index contributed by atoms with van der Waals surface area (Å²) in [4.78, 5) is 16.9. The van der Waals surface area contributed by atoms with Crippen molar-refractivity contribution in [3.63, 3.8) is 0 Å². The Morgan fingerprint density at radius 2 is 2.54 bits per heavy atom. The molecular formula is C8H14N2O3. The molecule has 0 radical (unpaired) electrons. The maximum absolute atomic E-state index is 10.1. The van der Waals surface area contributed by atoms with E-state index in [1.807, 2.05) is 7.05 Å². The highest BCUT2D eigenvalue weighted by molar-refractivity contribution is 5.88. The van der Waals surface area contributed by atoms with E-state index in [2.05, 4.69) is 21.8 Å². The molecule has 1 unspecified atom stereocenters. The average Bonchev–Trinajstić information content (AvgIpc) is 2.30. The molecule has 1 saturated heterocycles. The van der Waals surface area contributed by atoms with Gasteiger partial charge in [0.15, 0.2) is 0 Å². The van der Waals surface area contributed by atoms with Gasteiger partial charge >= 0.3 is 5.97 Å². The Kier molecular flexibility index (Phi) is 3.25. The van der Waals surface area contributed by atoms with Crippen LogP contribution in [0, 0.1) is 0 Å². The highest BCUT2D eigenvalue weighted by Crippen LogP contribution is 2.11. The zero-order valence-electron chi connectivity index (χ0n) is 7.86. The third kappa shape index (κ3) is 3.02. The van der Waals surface area contributed by atoms with Gasteiger partial charge in [-0.15, -0.1) is 0 Å². The Labute approximate surface area is 77.0 Å². The molecule has 1 aliphatic rings. The molecule has 0 aromatic heterocycles. The Bertz CT molecular complexity index is 215. The number of hydrogen-bond acceptors (Lipinski definition) is 4. The standard InChI is InChI=1S/C8H14N2O3/c1-6-3-7(4-10(6)2)9-13-5-8(11)12/h6H,3-5H2,1-2H3,(H,11,12). The van der Waals surface area contributed by atoms with E-state index in [-0.39, 0.29) is 6.61 Å². The van der Waals surface area contributed by atoms with Crippen LogP contribution < -0.4 is 0 Å². The summed E-state index contributed by atoms with van der Waals surface area (Å²) in [6, 6.07) is 0.465. The van der Waals surface area contributed by atoms with Crippen molar-refractivity contribution in [2.24, 2.45) is 5.16 Å². The van der Waals surface area contributed by atoms with E-state index in [1.54, 1.807) is 0 Å². The largest absolute Gasteiger partial charge is 0.479 e. The predicted octanol–water partition coefficient (Wildman–Crippen LogP) is 0.168. The highest BCUT2D eigenvalue weighted by atomic mass is 16.6. The molecule has 1 atom stereocenters. The molecule has 5 nitrogen and oxygen atoms in total. The van der Waals surface area contributed by atoms with Gasteiger partial charge in [0, 0.05) is 19.0 Å². The van der Waals surface area contributed by atoms with Crippen LogP contribution in [0.25, 0.3) is 0 Å². The van der Waals surface area contributed by atoms with E-state index in [0.29, 0.717) is 6.04 Å². The molecule has 74 valence electrons. The van der Waals surface area contributed by atoms with Crippen molar-refractivity contribution < 1.29 is 14.7 Å². The SMILES string of the molecule is CC1CC(=NOCC(=O)O)CN1C. The lowest BCUT2D eigenvalue weighted by Crippen LogP contribution is -2.21. The van der Waals surface area contributed by atoms with Crippen LogP contribution in [-0.4, -0.2) is 47.9 Å². The Morgan fingerprint density at radius 3 is 3.00 bits per heavy atom. The van der Waals surface area contributed by atoms with Crippen LogP contribution in [0.2, 0.25) is 0 Å². The van der Waals surface area contributed by atoms with E-state index in [9.17, 15) is 4.79 Å². The number of nitrogens with zero attached hydrogens (tertiary/aromatic N) is 2. The first kappa shape index (κ1) is 9.98. The second-order valence-electron chi connectivity index (χ2n) is 3.29. The molecule has 1 rings (SSSR count). The minimum atomic E-state index is -0.997. The van der Waals surface area contributed by atoms with Crippen molar-refractivity contribution in [2.75, 3.05) is 20.2 Å². The zero-order valence-corrected chi connectivity index (χ0v) is 7.86. The first-order valence-corrected chi connectivity index (χ1v) is 4.19. The van der Waals surface area contributed by atoms with E-state index in [4.69, 9.17) is 5.11 Å². The van der Waals surface area contributed by atoms with Crippen molar-refractivity contribution in [3.05, 3.63) is 0 Å².